The maximum Gasteiger partial charge on any atom is 0 e. The van der Waals surface area contributed by atoms with Crippen molar-refractivity contribution in [3.8, 4) is 0 Å². The molecule has 0 bridgehead atoms. The first-order valence-electron chi connectivity index (χ1n) is 5.43. The fourth-order valence-corrected chi connectivity index (χ4v) is 0.272. The van der Waals surface area contributed by atoms with Crippen LogP contribution in [0.3, 0.4) is 0 Å². The quantitative estimate of drug-likeness (QED) is 0.602. The lowest BCUT2D eigenvalue weighted by molar-refractivity contribution is 0.664. The molecule has 0 aromatic heterocycles. The summed E-state index contributed by atoms with van der Waals surface area (Å²) in [5, 5.41) is 0. The number of allylic oxidation sites excluding steroid dienone is 1. The van der Waals surface area contributed by atoms with E-state index >= 15 is 0 Å². The minimum Gasteiger partial charge on any atom is -0.0843 e. The summed E-state index contributed by atoms with van der Waals surface area (Å²) in [6, 6.07) is 0. The Bertz CT molecular complexity index is 82.0. The van der Waals surface area contributed by atoms with E-state index in [1.54, 1.807) is 6.08 Å². The fraction of sp³-hybridized carbons (Fsp3) is 0.714. The summed E-state index contributed by atoms with van der Waals surface area (Å²) in [5.74, 6) is 1.88. The molecule has 0 aromatic rings. The zero-order chi connectivity index (χ0) is 12.1. The predicted molar refractivity (Wildman–Crippen MR) is 74.5 cm³/mol. The van der Waals surface area contributed by atoms with E-state index in [0.717, 1.165) is 12.3 Å². The molecule has 88 valence electrons. The Balaban J connectivity index is -0.0000000606. The van der Waals surface area contributed by atoms with Crippen molar-refractivity contribution in [3.05, 3.63) is 26.5 Å². The molecule has 1 heteroatoms. The van der Waals surface area contributed by atoms with Gasteiger partial charge in [0.15, 0.2) is 0 Å². The first-order chi connectivity index (χ1) is 6.23. The topological polar surface area (TPSA) is 0 Å². The van der Waals surface area contributed by atoms with Gasteiger partial charge in [-0.05, 0) is 24.2 Å². The summed E-state index contributed by atoms with van der Waals surface area (Å²) in [5.41, 5.74) is 0. The highest BCUT2D eigenvalue weighted by Crippen LogP contribution is 1.96. The van der Waals surface area contributed by atoms with Crippen molar-refractivity contribution in [2.45, 2.75) is 48.0 Å². The zero-order valence-electron chi connectivity index (χ0n) is 11.6. The molecule has 0 aromatic carbocycles. The minimum absolute atomic E-state index is 0. The van der Waals surface area contributed by atoms with Crippen LogP contribution < -0.4 is 0 Å². The Labute approximate surface area is 110 Å². The van der Waals surface area contributed by atoms with Gasteiger partial charge in [0.05, 0.1) is 0 Å². The molecule has 0 unspecified atom stereocenters. The number of hydrogen-bond acceptors (Lipinski definition) is 0. The Morgan fingerprint density at radius 3 is 1.13 bits per heavy atom. The van der Waals surface area contributed by atoms with Crippen molar-refractivity contribution in [1.29, 1.82) is 0 Å². The van der Waals surface area contributed by atoms with Crippen LogP contribution in [0.2, 0.25) is 0 Å². The van der Waals surface area contributed by atoms with Gasteiger partial charge in [-0.2, -0.15) is 0 Å². The van der Waals surface area contributed by atoms with Gasteiger partial charge < -0.3 is 0 Å². The molecule has 0 aliphatic heterocycles. The summed E-state index contributed by atoms with van der Waals surface area (Å²) >= 11 is 0. The number of rotatable bonds is 2. The summed E-state index contributed by atoms with van der Waals surface area (Å²) in [4.78, 5) is 0. The molecule has 0 N–H and O–H groups in total. The van der Waals surface area contributed by atoms with Crippen molar-refractivity contribution in [2.75, 3.05) is 0 Å². The van der Waals surface area contributed by atoms with Gasteiger partial charge in [0.25, 0.3) is 0 Å². The van der Waals surface area contributed by atoms with Crippen molar-refractivity contribution in [2.24, 2.45) is 17.8 Å². The second kappa shape index (κ2) is 19.8. The lowest BCUT2D eigenvalue weighted by Crippen LogP contribution is -1.79. The first-order valence-corrected chi connectivity index (χ1v) is 5.43. The van der Waals surface area contributed by atoms with Crippen LogP contribution in [0.4, 0.5) is 0 Å². The maximum absolute atomic E-state index is 5.10. The van der Waals surface area contributed by atoms with Gasteiger partial charge in [0.2, 0.25) is 0 Å². The summed E-state index contributed by atoms with van der Waals surface area (Å²) in [6.07, 6.45) is 2.73. The Hall–Kier alpha value is 0.272. The Morgan fingerprint density at radius 1 is 0.933 bits per heavy atom. The molecular weight excluding hydrogens is 195 g/mol. The molecule has 0 fully saturated rings. The van der Waals surface area contributed by atoms with E-state index in [-0.39, 0.29) is 17.4 Å². The molecule has 0 aliphatic rings. The lowest BCUT2D eigenvalue weighted by atomic mass is 10.1. The van der Waals surface area contributed by atoms with Crippen molar-refractivity contribution in [3.63, 3.8) is 0 Å². The Kier molecular flexibility index (Phi) is 32.3. The minimum atomic E-state index is 0. The van der Waals surface area contributed by atoms with Crippen molar-refractivity contribution < 1.29 is 0 Å². The highest BCUT2D eigenvalue weighted by Gasteiger charge is 1.82. The van der Waals surface area contributed by atoms with Gasteiger partial charge >= 0.3 is 0 Å². The van der Waals surface area contributed by atoms with Crippen molar-refractivity contribution >= 4 is 17.4 Å². The predicted octanol–water partition coefficient (Wildman–Crippen LogP) is 4.59. The van der Waals surface area contributed by atoms with Crippen LogP contribution in [0.5, 0.6) is 0 Å². The van der Waals surface area contributed by atoms with Gasteiger partial charge in [-0.1, -0.05) is 68.0 Å². The molecule has 0 saturated carbocycles. The molecule has 0 amide bonds. The van der Waals surface area contributed by atoms with E-state index in [0.29, 0.717) is 11.8 Å². The smallest absolute Gasteiger partial charge is 0 e. The van der Waals surface area contributed by atoms with Crippen LogP contribution >= 0.6 is 0 Å². The Morgan fingerprint density at radius 2 is 1.13 bits per heavy atom. The third-order valence-electron chi connectivity index (χ3n) is 0.607. The van der Waals surface area contributed by atoms with Crippen LogP contribution in [-0.2, 0) is 0 Å². The van der Waals surface area contributed by atoms with E-state index in [1.165, 1.54) is 0 Å². The van der Waals surface area contributed by atoms with Gasteiger partial charge in [0, 0.05) is 17.4 Å². The van der Waals surface area contributed by atoms with Crippen LogP contribution in [0, 0.1) is 38.2 Å². The summed E-state index contributed by atoms with van der Waals surface area (Å²) < 4.78 is 0. The second-order valence-electron chi connectivity index (χ2n) is 4.65. The van der Waals surface area contributed by atoms with Crippen molar-refractivity contribution in [1.82, 2.24) is 0 Å². The average Bonchev–Trinajstić information content (AvgIpc) is 1.82. The highest BCUT2D eigenvalue weighted by atomic mass is 27.0. The molecule has 0 heterocycles. The van der Waals surface area contributed by atoms with E-state index in [4.69, 9.17) is 6.58 Å². The normalized spacial score (nSPS) is 8.47. The van der Waals surface area contributed by atoms with E-state index in [1.807, 2.05) is 0 Å². The molecule has 0 nitrogen and oxygen atoms in total. The molecular formula is C14H29Al. The van der Waals surface area contributed by atoms with Gasteiger partial charge in [-0.15, -0.1) is 0 Å². The lowest BCUT2D eigenvalue weighted by Gasteiger charge is -1.92. The summed E-state index contributed by atoms with van der Waals surface area (Å²) in [6.45, 7) is 24.9. The van der Waals surface area contributed by atoms with Gasteiger partial charge in [0.1, 0.15) is 0 Å². The molecule has 0 aliphatic carbocycles. The van der Waals surface area contributed by atoms with Crippen LogP contribution in [0.15, 0.2) is 6.08 Å². The monoisotopic (exact) mass is 224 g/mol. The fourth-order valence-electron chi connectivity index (χ4n) is 0.272. The average molecular weight is 224 g/mol. The first kappa shape index (κ1) is 24.5. The number of hydrogen-bond donors (Lipinski definition) is 0. The third kappa shape index (κ3) is 201. The van der Waals surface area contributed by atoms with E-state index in [9.17, 15) is 0 Å². The second-order valence-corrected chi connectivity index (χ2v) is 4.65. The van der Waals surface area contributed by atoms with Gasteiger partial charge in [-0.25, -0.2) is 0 Å². The highest BCUT2D eigenvalue weighted by molar-refractivity contribution is 5.75. The molecule has 0 saturated heterocycles. The van der Waals surface area contributed by atoms with Gasteiger partial charge in [-0.3, -0.25) is 0 Å². The maximum atomic E-state index is 5.10. The van der Waals surface area contributed by atoms with Crippen LogP contribution in [-0.4, -0.2) is 17.4 Å². The standard InChI is InChI=1S/C6H11.2C4H9.Al/c1-4-5-6(2)3;2*1-4(2)3;/h1,4,6H,5H2,2-3H3;2*4H,1H2,2-3H3;. The molecule has 0 rings (SSSR count). The van der Waals surface area contributed by atoms with E-state index in [2.05, 4.69) is 55.4 Å². The largest absolute Gasteiger partial charge is 0.0843 e. The molecule has 0 spiro atoms. The van der Waals surface area contributed by atoms with E-state index < -0.39 is 0 Å². The zero-order valence-corrected chi connectivity index (χ0v) is 12.7. The SMILES string of the molecule is [Al].[CH2]C(C)C.[CH2]C(C)C.[CH]=CCC(C)C. The van der Waals surface area contributed by atoms with Crippen LogP contribution in [0.25, 0.3) is 0 Å². The molecule has 0 atom stereocenters. The van der Waals surface area contributed by atoms with Crippen LogP contribution in [0.1, 0.15) is 48.0 Å². The summed E-state index contributed by atoms with van der Waals surface area (Å²) in [7, 11) is 0. The third-order valence-corrected chi connectivity index (χ3v) is 0.607. The molecule has 6 radical (unpaired) electrons. The molecule has 15 heavy (non-hydrogen) atoms.